The number of para-hydroxylation sites is 1. The van der Waals surface area contributed by atoms with E-state index in [1.807, 2.05) is 41.2 Å². The molecule has 2 aliphatic rings. The van der Waals surface area contributed by atoms with Gasteiger partial charge in [0.1, 0.15) is 18.3 Å². The van der Waals surface area contributed by atoms with Crippen LogP contribution >= 0.6 is 0 Å². The molecule has 0 saturated heterocycles. The van der Waals surface area contributed by atoms with Gasteiger partial charge in [0, 0.05) is 18.0 Å². The van der Waals surface area contributed by atoms with Crippen LogP contribution in [0.25, 0.3) is 0 Å². The van der Waals surface area contributed by atoms with Crippen LogP contribution in [-0.4, -0.2) is 28.3 Å². The number of aromatic nitrogens is 2. The Labute approximate surface area is 135 Å². The number of carbonyl (C=O) groups is 1. The van der Waals surface area contributed by atoms with Gasteiger partial charge in [0.05, 0.1) is 12.1 Å². The molecule has 120 valence electrons. The van der Waals surface area contributed by atoms with Crippen molar-refractivity contribution >= 4 is 5.91 Å². The van der Waals surface area contributed by atoms with E-state index in [-0.39, 0.29) is 23.9 Å². The molecule has 2 aromatic rings. The first kappa shape index (κ1) is 14.3. The smallest absolute Gasteiger partial charge is 0.231 e. The molecule has 1 fully saturated rings. The Hall–Kier alpha value is -2.30. The van der Waals surface area contributed by atoms with Crippen LogP contribution in [0.4, 0.5) is 0 Å². The molecule has 4 rings (SSSR count). The van der Waals surface area contributed by atoms with E-state index in [1.165, 1.54) is 6.42 Å². The summed E-state index contributed by atoms with van der Waals surface area (Å²) in [6.45, 7) is 0.435. The monoisotopic (exact) mass is 311 g/mol. The lowest BCUT2D eigenvalue weighted by atomic mass is 9.89. The number of hydrogen-bond donors (Lipinski definition) is 1. The zero-order chi connectivity index (χ0) is 15.6. The summed E-state index contributed by atoms with van der Waals surface area (Å²) in [7, 11) is 0. The van der Waals surface area contributed by atoms with Gasteiger partial charge in [-0.2, -0.15) is 5.10 Å². The molecule has 1 aliphatic carbocycles. The van der Waals surface area contributed by atoms with E-state index in [0.717, 1.165) is 30.6 Å². The molecule has 5 heteroatoms. The Morgan fingerprint density at radius 2 is 2.09 bits per heavy atom. The second-order valence-electron chi connectivity index (χ2n) is 6.35. The maximum Gasteiger partial charge on any atom is 0.231 e. The van der Waals surface area contributed by atoms with E-state index in [4.69, 9.17) is 4.74 Å². The SMILES string of the molecule is O=C(N[C@@H]1CCCC[C@@H]1n1cccn1)[C@H]1COc2ccccc21. The predicted molar refractivity (Wildman–Crippen MR) is 86.3 cm³/mol. The number of benzene rings is 1. The molecule has 1 aliphatic heterocycles. The van der Waals surface area contributed by atoms with Crippen molar-refractivity contribution in [2.75, 3.05) is 6.61 Å². The van der Waals surface area contributed by atoms with Crippen molar-refractivity contribution in [3.8, 4) is 5.75 Å². The Bertz CT molecular complexity index is 683. The van der Waals surface area contributed by atoms with Gasteiger partial charge in [-0.05, 0) is 25.0 Å². The van der Waals surface area contributed by atoms with Crippen LogP contribution in [-0.2, 0) is 4.79 Å². The van der Waals surface area contributed by atoms with Gasteiger partial charge in [-0.25, -0.2) is 0 Å². The Balaban J connectivity index is 1.49. The van der Waals surface area contributed by atoms with Gasteiger partial charge in [-0.1, -0.05) is 31.0 Å². The Morgan fingerprint density at radius 1 is 1.22 bits per heavy atom. The summed E-state index contributed by atoms with van der Waals surface area (Å²) in [5.74, 6) is 0.699. The third kappa shape index (κ3) is 2.71. The summed E-state index contributed by atoms with van der Waals surface area (Å²) in [4.78, 5) is 12.8. The summed E-state index contributed by atoms with van der Waals surface area (Å²) in [5, 5.41) is 7.63. The number of ether oxygens (including phenoxy) is 1. The van der Waals surface area contributed by atoms with Crippen molar-refractivity contribution in [1.29, 1.82) is 0 Å². The molecular formula is C18H21N3O2. The fourth-order valence-corrected chi connectivity index (χ4v) is 3.74. The van der Waals surface area contributed by atoms with Gasteiger partial charge in [-0.3, -0.25) is 9.48 Å². The number of hydrogen-bond acceptors (Lipinski definition) is 3. The van der Waals surface area contributed by atoms with E-state index < -0.39 is 0 Å². The van der Waals surface area contributed by atoms with Gasteiger partial charge in [0.2, 0.25) is 5.91 Å². The summed E-state index contributed by atoms with van der Waals surface area (Å²) >= 11 is 0. The molecule has 1 saturated carbocycles. The van der Waals surface area contributed by atoms with Gasteiger partial charge in [0.15, 0.2) is 0 Å². The number of carbonyl (C=O) groups excluding carboxylic acids is 1. The van der Waals surface area contributed by atoms with Crippen LogP contribution in [0, 0.1) is 0 Å². The minimum Gasteiger partial charge on any atom is -0.492 e. The Morgan fingerprint density at radius 3 is 2.96 bits per heavy atom. The van der Waals surface area contributed by atoms with Gasteiger partial charge in [-0.15, -0.1) is 0 Å². The topological polar surface area (TPSA) is 56.2 Å². The van der Waals surface area contributed by atoms with E-state index in [0.29, 0.717) is 6.61 Å². The van der Waals surface area contributed by atoms with Crippen LogP contribution in [0.15, 0.2) is 42.7 Å². The molecule has 1 aromatic heterocycles. The van der Waals surface area contributed by atoms with Crippen molar-refractivity contribution in [2.24, 2.45) is 0 Å². The molecular weight excluding hydrogens is 290 g/mol. The highest BCUT2D eigenvalue weighted by molar-refractivity contribution is 5.85. The van der Waals surface area contributed by atoms with Crippen molar-refractivity contribution in [3.05, 3.63) is 48.3 Å². The van der Waals surface area contributed by atoms with Crippen LogP contribution in [0.1, 0.15) is 43.2 Å². The molecule has 0 spiro atoms. The zero-order valence-electron chi connectivity index (χ0n) is 13.0. The first-order chi connectivity index (χ1) is 11.3. The summed E-state index contributed by atoms with van der Waals surface area (Å²) in [5.41, 5.74) is 0.997. The molecule has 0 bridgehead atoms. The number of rotatable bonds is 3. The minimum absolute atomic E-state index is 0.0685. The number of fused-ring (bicyclic) bond motifs is 1. The average molecular weight is 311 g/mol. The summed E-state index contributed by atoms with van der Waals surface area (Å²) in [6.07, 6.45) is 8.19. The minimum atomic E-state index is -0.202. The molecule has 5 nitrogen and oxygen atoms in total. The Kier molecular flexibility index (Phi) is 3.77. The molecule has 23 heavy (non-hydrogen) atoms. The molecule has 2 heterocycles. The van der Waals surface area contributed by atoms with Crippen LogP contribution in [0.3, 0.4) is 0 Å². The van der Waals surface area contributed by atoms with E-state index in [9.17, 15) is 4.79 Å². The van der Waals surface area contributed by atoms with Crippen molar-refractivity contribution in [3.63, 3.8) is 0 Å². The second kappa shape index (κ2) is 6.07. The highest BCUT2D eigenvalue weighted by Crippen LogP contribution is 2.34. The fraction of sp³-hybridized carbons (Fsp3) is 0.444. The third-order valence-corrected chi connectivity index (χ3v) is 4.94. The number of amides is 1. The highest BCUT2D eigenvalue weighted by Gasteiger charge is 2.34. The lowest BCUT2D eigenvalue weighted by Gasteiger charge is -2.33. The van der Waals surface area contributed by atoms with Gasteiger partial charge >= 0.3 is 0 Å². The van der Waals surface area contributed by atoms with Crippen molar-refractivity contribution < 1.29 is 9.53 Å². The largest absolute Gasteiger partial charge is 0.492 e. The third-order valence-electron chi connectivity index (χ3n) is 4.94. The van der Waals surface area contributed by atoms with Gasteiger partial charge < -0.3 is 10.1 Å². The lowest BCUT2D eigenvalue weighted by molar-refractivity contribution is -0.124. The average Bonchev–Trinajstić information content (AvgIpc) is 3.25. The van der Waals surface area contributed by atoms with Crippen molar-refractivity contribution in [2.45, 2.75) is 43.7 Å². The number of nitrogens with zero attached hydrogens (tertiary/aromatic N) is 2. The first-order valence-electron chi connectivity index (χ1n) is 8.34. The molecule has 3 atom stereocenters. The standard InChI is InChI=1S/C18H21N3O2/c22-18(14-12-23-17-9-4-1-6-13(14)17)20-15-7-2-3-8-16(15)21-11-5-10-19-21/h1,4-6,9-11,14-16H,2-3,7-8,12H2,(H,20,22)/t14-,15+,16-/m0/s1. The highest BCUT2D eigenvalue weighted by atomic mass is 16.5. The van der Waals surface area contributed by atoms with Crippen molar-refractivity contribution in [1.82, 2.24) is 15.1 Å². The molecule has 1 aromatic carbocycles. The number of nitrogens with one attached hydrogen (secondary N) is 1. The predicted octanol–water partition coefficient (Wildman–Crippen LogP) is 2.66. The maximum atomic E-state index is 12.8. The molecule has 0 unspecified atom stereocenters. The van der Waals surface area contributed by atoms with E-state index >= 15 is 0 Å². The quantitative estimate of drug-likeness (QED) is 0.948. The normalized spacial score (nSPS) is 26.3. The fourth-order valence-electron chi connectivity index (χ4n) is 3.74. The first-order valence-corrected chi connectivity index (χ1v) is 8.34. The van der Waals surface area contributed by atoms with Crippen LogP contribution in [0.5, 0.6) is 5.75 Å². The molecule has 0 radical (unpaired) electrons. The summed E-state index contributed by atoms with van der Waals surface area (Å²) in [6, 6.07) is 10.1. The molecule has 1 N–H and O–H groups in total. The van der Waals surface area contributed by atoms with E-state index in [1.54, 1.807) is 6.20 Å². The summed E-state index contributed by atoms with van der Waals surface area (Å²) < 4.78 is 7.63. The van der Waals surface area contributed by atoms with Crippen LogP contribution in [0.2, 0.25) is 0 Å². The maximum absolute atomic E-state index is 12.8. The zero-order valence-corrected chi connectivity index (χ0v) is 13.0. The van der Waals surface area contributed by atoms with Crippen LogP contribution < -0.4 is 10.1 Å². The lowest BCUT2D eigenvalue weighted by Crippen LogP contribution is -2.45. The van der Waals surface area contributed by atoms with E-state index in [2.05, 4.69) is 10.4 Å². The second-order valence-corrected chi connectivity index (χ2v) is 6.35. The molecule has 1 amide bonds. The van der Waals surface area contributed by atoms with Gasteiger partial charge in [0.25, 0.3) is 0 Å².